The summed E-state index contributed by atoms with van der Waals surface area (Å²) in [6.45, 7) is 0.930. The van der Waals surface area contributed by atoms with Crippen LogP contribution in [-0.4, -0.2) is 29.3 Å². The largest absolute Gasteiger partial charge is 0.293 e. The zero-order valence-corrected chi connectivity index (χ0v) is 12.6. The normalized spacial score (nSPS) is 10.9. The third-order valence-corrected chi connectivity index (χ3v) is 3.74. The van der Waals surface area contributed by atoms with Crippen molar-refractivity contribution in [3.63, 3.8) is 0 Å². The highest BCUT2D eigenvalue weighted by Gasteiger charge is 2.13. The molecule has 0 aliphatic heterocycles. The second-order valence-electron chi connectivity index (χ2n) is 4.20. The van der Waals surface area contributed by atoms with Crippen LogP contribution in [0.4, 0.5) is 0 Å². The Hall–Kier alpha value is -0.940. The minimum absolute atomic E-state index is 0.0283. The lowest BCUT2D eigenvalue weighted by Crippen LogP contribution is -2.25. The summed E-state index contributed by atoms with van der Waals surface area (Å²) >= 11 is 13.4. The molecule has 0 saturated heterocycles. The van der Waals surface area contributed by atoms with Crippen LogP contribution in [0, 0.1) is 0 Å². The number of nitrogens with zero attached hydrogens (tertiary/aromatic N) is 2. The molecule has 19 heavy (non-hydrogen) atoms. The molecule has 0 bridgehead atoms. The fraction of sp³-hybridized carbons (Fsp3) is 0.231. The van der Waals surface area contributed by atoms with E-state index in [1.54, 1.807) is 35.0 Å². The van der Waals surface area contributed by atoms with E-state index in [2.05, 4.69) is 4.98 Å². The van der Waals surface area contributed by atoms with Crippen molar-refractivity contribution in [2.45, 2.75) is 6.54 Å². The molecule has 6 heteroatoms. The molecule has 0 saturated carbocycles. The molecule has 2 aromatic rings. The molecule has 2 rings (SSSR count). The van der Waals surface area contributed by atoms with Gasteiger partial charge in [-0.15, -0.1) is 11.3 Å². The van der Waals surface area contributed by atoms with Gasteiger partial charge in [-0.25, -0.2) is 4.98 Å². The molecule has 0 aliphatic rings. The van der Waals surface area contributed by atoms with Gasteiger partial charge in [-0.1, -0.05) is 23.2 Å². The second-order valence-corrected chi connectivity index (χ2v) is 5.76. The Bertz CT molecular complexity index is 572. The summed E-state index contributed by atoms with van der Waals surface area (Å²) in [6, 6.07) is 4.90. The fourth-order valence-corrected chi connectivity index (χ4v) is 2.76. The van der Waals surface area contributed by atoms with Crippen LogP contribution in [0.5, 0.6) is 0 Å². The SMILES string of the molecule is CN(CC(=O)c1ccc(Cl)cc1Cl)Cc1cscn1. The number of aromatic nitrogens is 1. The van der Waals surface area contributed by atoms with E-state index >= 15 is 0 Å². The summed E-state index contributed by atoms with van der Waals surface area (Å²) in [7, 11) is 1.88. The predicted molar refractivity (Wildman–Crippen MR) is 79.2 cm³/mol. The van der Waals surface area contributed by atoms with E-state index in [4.69, 9.17) is 23.2 Å². The van der Waals surface area contributed by atoms with Gasteiger partial charge >= 0.3 is 0 Å². The van der Waals surface area contributed by atoms with E-state index in [1.807, 2.05) is 17.3 Å². The summed E-state index contributed by atoms with van der Waals surface area (Å²) in [5, 5.41) is 2.88. The van der Waals surface area contributed by atoms with Crippen molar-refractivity contribution in [1.29, 1.82) is 0 Å². The zero-order valence-electron chi connectivity index (χ0n) is 10.3. The Morgan fingerprint density at radius 3 is 2.84 bits per heavy atom. The predicted octanol–water partition coefficient (Wildman–Crippen LogP) is 3.76. The van der Waals surface area contributed by atoms with E-state index in [0.717, 1.165) is 5.69 Å². The Morgan fingerprint density at radius 1 is 1.42 bits per heavy atom. The number of thiazole rings is 1. The number of carbonyl (C=O) groups excluding carboxylic acids is 1. The maximum absolute atomic E-state index is 12.1. The number of carbonyl (C=O) groups is 1. The number of rotatable bonds is 5. The molecule has 0 fully saturated rings. The first-order chi connectivity index (χ1) is 9.06. The standard InChI is InChI=1S/C13H12Cl2N2OS/c1-17(5-10-7-19-8-16-10)6-13(18)11-3-2-9(14)4-12(11)15/h2-4,7-8H,5-6H2,1H3. The Morgan fingerprint density at radius 2 is 2.21 bits per heavy atom. The first-order valence-electron chi connectivity index (χ1n) is 5.60. The van der Waals surface area contributed by atoms with E-state index in [0.29, 0.717) is 28.7 Å². The maximum Gasteiger partial charge on any atom is 0.178 e. The number of ketones is 1. The monoisotopic (exact) mass is 314 g/mol. The molecule has 0 aliphatic carbocycles. The van der Waals surface area contributed by atoms with E-state index in [1.165, 1.54) is 0 Å². The third-order valence-electron chi connectivity index (χ3n) is 2.56. The van der Waals surface area contributed by atoms with Crippen LogP contribution in [0.25, 0.3) is 0 Å². The number of hydrogen-bond acceptors (Lipinski definition) is 4. The van der Waals surface area contributed by atoms with Crippen molar-refractivity contribution in [2.24, 2.45) is 0 Å². The van der Waals surface area contributed by atoms with Gasteiger partial charge in [-0.2, -0.15) is 0 Å². The molecular formula is C13H12Cl2N2OS. The maximum atomic E-state index is 12.1. The zero-order chi connectivity index (χ0) is 13.8. The molecule has 0 atom stereocenters. The molecule has 1 aromatic heterocycles. The van der Waals surface area contributed by atoms with Crippen molar-refractivity contribution in [1.82, 2.24) is 9.88 Å². The second kappa shape index (κ2) is 6.48. The minimum atomic E-state index is -0.0283. The number of hydrogen-bond donors (Lipinski definition) is 0. The first-order valence-corrected chi connectivity index (χ1v) is 7.30. The molecule has 0 spiro atoms. The van der Waals surface area contributed by atoms with Crippen LogP contribution in [0.3, 0.4) is 0 Å². The third kappa shape index (κ3) is 4.01. The van der Waals surface area contributed by atoms with Crippen molar-refractivity contribution in [3.05, 3.63) is 50.4 Å². The van der Waals surface area contributed by atoms with E-state index < -0.39 is 0 Å². The summed E-state index contributed by atoms with van der Waals surface area (Å²) in [4.78, 5) is 18.2. The van der Waals surface area contributed by atoms with Crippen molar-refractivity contribution >= 4 is 40.3 Å². The lowest BCUT2D eigenvalue weighted by molar-refractivity contribution is 0.0942. The van der Waals surface area contributed by atoms with Crippen molar-refractivity contribution in [3.8, 4) is 0 Å². The molecular weight excluding hydrogens is 303 g/mol. The van der Waals surface area contributed by atoms with Gasteiger partial charge < -0.3 is 0 Å². The van der Waals surface area contributed by atoms with Crippen LogP contribution in [0.15, 0.2) is 29.1 Å². The lowest BCUT2D eigenvalue weighted by atomic mass is 10.1. The Balaban J connectivity index is 2.00. The summed E-state index contributed by atoms with van der Waals surface area (Å²) < 4.78 is 0. The highest BCUT2D eigenvalue weighted by atomic mass is 35.5. The molecule has 3 nitrogen and oxygen atoms in total. The molecule has 1 heterocycles. The topological polar surface area (TPSA) is 33.2 Å². The van der Waals surface area contributed by atoms with Gasteiger partial charge in [0.05, 0.1) is 22.8 Å². The highest BCUT2D eigenvalue weighted by molar-refractivity contribution is 7.07. The highest BCUT2D eigenvalue weighted by Crippen LogP contribution is 2.21. The van der Waals surface area contributed by atoms with E-state index in [-0.39, 0.29) is 5.78 Å². The van der Waals surface area contributed by atoms with Crippen LogP contribution in [0.2, 0.25) is 10.0 Å². The van der Waals surface area contributed by atoms with Gasteiger partial charge in [-0.05, 0) is 25.2 Å². The summed E-state index contributed by atoms with van der Waals surface area (Å²) in [5.41, 5.74) is 3.24. The van der Waals surface area contributed by atoms with Gasteiger partial charge in [0.15, 0.2) is 5.78 Å². The molecule has 0 unspecified atom stereocenters. The molecule has 1 aromatic carbocycles. The van der Waals surface area contributed by atoms with E-state index in [9.17, 15) is 4.79 Å². The smallest absolute Gasteiger partial charge is 0.178 e. The number of benzene rings is 1. The van der Waals surface area contributed by atoms with Crippen LogP contribution in [0.1, 0.15) is 16.1 Å². The van der Waals surface area contributed by atoms with Crippen LogP contribution >= 0.6 is 34.5 Å². The number of Topliss-reactive ketones (excluding diaryl/α,β-unsaturated/α-hetero) is 1. The Kier molecular flexibility index (Phi) is 4.93. The van der Waals surface area contributed by atoms with Gasteiger partial charge in [0.2, 0.25) is 0 Å². The van der Waals surface area contributed by atoms with Gasteiger partial charge in [-0.3, -0.25) is 9.69 Å². The molecule has 100 valence electrons. The van der Waals surface area contributed by atoms with Crippen molar-refractivity contribution < 1.29 is 4.79 Å². The molecule has 0 amide bonds. The fourth-order valence-electron chi connectivity index (χ4n) is 1.69. The minimum Gasteiger partial charge on any atom is -0.293 e. The average Bonchev–Trinajstić information content (AvgIpc) is 2.81. The summed E-state index contributed by atoms with van der Waals surface area (Å²) in [5.74, 6) is -0.0283. The average molecular weight is 315 g/mol. The van der Waals surface area contributed by atoms with Gasteiger partial charge in [0.25, 0.3) is 0 Å². The molecule has 0 N–H and O–H groups in total. The van der Waals surface area contributed by atoms with Gasteiger partial charge in [0, 0.05) is 22.5 Å². The lowest BCUT2D eigenvalue weighted by Gasteiger charge is -2.14. The van der Waals surface area contributed by atoms with Crippen LogP contribution < -0.4 is 0 Å². The van der Waals surface area contributed by atoms with Crippen molar-refractivity contribution in [2.75, 3.05) is 13.6 Å². The first kappa shape index (κ1) is 14.5. The van der Waals surface area contributed by atoms with Gasteiger partial charge in [0.1, 0.15) is 0 Å². The Labute approximate surface area is 125 Å². The number of likely N-dealkylation sites (N-methyl/N-ethyl adjacent to an activating group) is 1. The number of halogens is 2. The van der Waals surface area contributed by atoms with Crippen LogP contribution in [-0.2, 0) is 6.54 Å². The molecule has 0 radical (unpaired) electrons. The quantitative estimate of drug-likeness (QED) is 0.788. The summed E-state index contributed by atoms with van der Waals surface area (Å²) in [6.07, 6.45) is 0.